The molecular formula is C13H12IN3O2S. The van der Waals surface area contributed by atoms with Crippen LogP contribution in [0.3, 0.4) is 0 Å². The number of hydrogen-bond donors (Lipinski definition) is 1. The summed E-state index contributed by atoms with van der Waals surface area (Å²) in [6.07, 6.45) is 2.26. The van der Waals surface area contributed by atoms with Gasteiger partial charge in [-0.15, -0.1) is 10.2 Å². The molecule has 0 unspecified atom stereocenters. The fourth-order valence-corrected chi connectivity index (χ4v) is 3.27. The number of hydrogen-bond acceptors (Lipinski definition) is 4. The van der Waals surface area contributed by atoms with Crippen LogP contribution in [0.2, 0.25) is 0 Å². The van der Waals surface area contributed by atoms with E-state index in [1.54, 1.807) is 0 Å². The third-order valence-corrected chi connectivity index (χ3v) is 4.84. The SMILES string of the molecule is O=C(O)CSc1nnc(C2CC2)n1-c1ccccc1I. The first kappa shape index (κ1) is 13.9. The van der Waals surface area contributed by atoms with Crippen molar-refractivity contribution < 1.29 is 9.90 Å². The summed E-state index contributed by atoms with van der Waals surface area (Å²) in [6.45, 7) is 0. The van der Waals surface area contributed by atoms with E-state index in [0.29, 0.717) is 11.1 Å². The van der Waals surface area contributed by atoms with Crippen LogP contribution in [0.1, 0.15) is 24.6 Å². The van der Waals surface area contributed by atoms with E-state index in [2.05, 4.69) is 32.8 Å². The molecule has 7 heteroatoms. The van der Waals surface area contributed by atoms with Crippen LogP contribution in [-0.2, 0) is 4.79 Å². The van der Waals surface area contributed by atoms with Crippen molar-refractivity contribution in [2.75, 3.05) is 5.75 Å². The zero-order chi connectivity index (χ0) is 14.1. The van der Waals surface area contributed by atoms with Crippen LogP contribution in [0.25, 0.3) is 5.69 Å². The third-order valence-electron chi connectivity index (χ3n) is 3.02. The number of thioether (sulfide) groups is 1. The van der Waals surface area contributed by atoms with E-state index in [1.165, 1.54) is 11.8 Å². The second-order valence-electron chi connectivity index (χ2n) is 4.58. The average molecular weight is 401 g/mol. The highest BCUT2D eigenvalue weighted by molar-refractivity contribution is 14.1. The number of rotatable bonds is 5. The Labute approximate surface area is 133 Å². The van der Waals surface area contributed by atoms with Crippen molar-refractivity contribution in [1.82, 2.24) is 14.8 Å². The van der Waals surface area contributed by atoms with Gasteiger partial charge in [-0.2, -0.15) is 0 Å². The molecule has 0 bridgehead atoms. The van der Waals surface area contributed by atoms with Crippen LogP contribution in [0.4, 0.5) is 0 Å². The van der Waals surface area contributed by atoms with Crippen molar-refractivity contribution in [3.05, 3.63) is 33.7 Å². The van der Waals surface area contributed by atoms with Gasteiger partial charge in [0.2, 0.25) is 0 Å². The van der Waals surface area contributed by atoms with Crippen molar-refractivity contribution in [3.63, 3.8) is 0 Å². The van der Waals surface area contributed by atoms with E-state index in [-0.39, 0.29) is 5.75 Å². The van der Waals surface area contributed by atoms with Gasteiger partial charge in [-0.05, 0) is 47.6 Å². The van der Waals surface area contributed by atoms with Gasteiger partial charge in [0, 0.05) is 9.49 Å². The molecule has 0 saturated heterocycles. The molecule has 1 aromatic heterocycles. The number of carbonyl (C=O) groups is 1. The zero-order valence-electron chi connectivity index (χ0n) is 10.5. The molecule has 1 heterocycles. The van der Waals surface area contributed by atoms with E-state index < -0.39 is 5.97 Å². The fraction of sp³-hybridized carbons (Fsp3) is 0.308. The molecule has 0 atom stereocenters. The summed E-state index contributed by atoms with van der Waals surface area (Å²) in [5.41, 5.74) is 1.02. The van der Waals surface area contributed by atoms with Gasteiger partial charge in [-0.1, -0.05) is 23.9 Å². The first-order chi connectivity index (χ1) is 9.66. The van der Waals surface area contributed by atoms with Gasteiger partial charge in [0.15, 0.2) is 5.16 Å². The molecular weight excluding hydrogens is 389 g/mol. The number of aliphatic carboxylic acids is 1. The Hall–Kier alpha value is -1.09. The maximum absolute atomic E-state index is 10.8. The van der Waals surface area contributed by atoms with Crippen LogP contribution in [0.5, 0.6) is 0 Å². The molecule has 1 aliphatic rings. The van der Waals surface area contributed by atoms with Crippen LogP contribution < -0.4 is 0 Å². The van der Waals surface area contributed by atoms with Crippen LogP contribution in [0, 0.1) is 3.57 Å². The van der Waals surface area contributed by atoms with E-state index >= 15 is 0 Å². The predicted molar refractivity (Wildman–Crippen MR) is 84.4 cm³/mol. The second kappa shape index (κ2) is 5.72. The molecule has 0 radical (unpaired) electrons. The van der Waals surface area contributed by atoms with Gasteiger partial charge in [0.1, 0.15) is 5.82 Å². The topological polar surface area (TPSA) is 68.0 Å². The third kappa shape index (κ3) is 2.83. The van der Waals surface area contributed by atoms with Gasteiger partial charge in [-0.25, -0.2) is 0 Å². The van der Waals surface area contributed by atoms with Gasteiger partial charge >= 0.3 is 5.97 Å². The molecule has 1 fully saturated rings. The first-order valence-electron chi connectivity index (χ1n) is 6.21. The highest BCUT2D eigenvalue weighted by Gasteiger charge is 2.31. The Morgan fingerprint density at radius 1 is 1.40 bits per heavy atom. The molecule has 1 aliphatic carbocycles. The lowest BCUT2D eigenvalue weighted by molar-refractivity contribution is -0.133. The molecule has 0 amide bonds. The minimum atomic E-state index is -0.847. The highest BCUT2D eigenvalue weighted by Crippen LogP contribution is 2.41. The van der Waals surface area contributed by atoms with Gasteiger partial charge in [0.05, 0.1) is 11.4 Å². The fourth-order valence-electron chi connectivity index (χ4n) is 1.97. The quantitative estimate of drug-likeness (QED) is 0.617. The summed E-state index contributed by atoms with van der Waals surface area (Å²) in [5.74, 6) is 0.548. The Balaban J connectivity index is 2.03. The smallest absolute Gasteiger partial charge is 0.313 e. The summed E-state index contributed by atoms with van der Waals surface area (Å²) in [6, 6.07) is 8.00. The number of para-hydroxylation sites is 1. The number of aromatic nitrogens is 3. The Kier molecular flexibility index (Phi) is 3.97. The van der Waals surface area contributed by atoms with E-state index in [9.17, 15) is 4.79 Å². The maximum atomic E-state index is 10.8. The molecule has 3 rings (SSSR count). The zero-order valence-corrected chi connectivity index (χ0v) is 13.5. The lowest BCUT2D eigenvalue weighted by Crippen LogP contribution is -2.05. The molecule has 0 aliphatic heterocycles. The Morgan fingerprint density at radius 3 is 2.80 bits per heavy atom. The number of carboxylic acid groups (broad SMARTS) is 1. The lowest BCUT2D eigenvalue weighted by atomic mass is 10.3. The largest absolute Gasteiger partial charge is 0.481 e. The summed E-state index contributed by atoms with van der Waals surface area (Å²) >= 11 is 3.49. The first-order valence-corrected chi connectivity index (χ1v) is 8.28. The lowest BCUT2D eigenvalue weighted by Gasteiger charge is -2.11. The van der Waals surface area contributed by atoms with E-state index in [1.807, 2.05) is 28.8 Å². The number of benzene rings is 1. The molecule has 1 aromatic carbocycles. The molecule has 5 nitrogen and oxygen atoms in total. The summed E-state index contributed by atoms with van der Waals surface area (Å²) in [4.78, 5) is 10.8. The predicted octanol–water partition coefficient (Wildman–Crippen LogP) is 2.93. The second-order valence-corrected chi connectivity index (χ2v) is 6.69. The number of nitrogens with zero attached hydrogens (tertiary/aromatic N) is 3. The molecule has 104 valence electrons. The van der Waals surface area contributed by atoms with Gasteiger partial charge in [-0.3, -0.25) is 9.36 Å². The number of halogens is 1. The monoisotopic (exact) mass is 401 g/mol. The average Bonchev–Trinajstić information content (AvgIpc) is 3.18. The van der Waals surface area contributed by atoms with Crippen LogP contribution in [-0.4, -0.2) is 31.6 Å². The minimum Gasteiger partial charge on any atom is -0.481 e. The van der Waals surface area contributed by atoms with Crippen molar-refractivity contribution in [2.24, 2.45) is 0 Å². The van der Waals surface area contributed by atoms with E-state index in [4.69, 9.17) is 5.11 Å². The van der Waals surface area contributed by atoms with Crippen molar-refractivity contribution >= 4 is 40.3 Å². The Morgan fingerprint density at radius 2 is 2.15 bits per heavy atom. The highest BCUT2D eigenvalue weighted by atomic mass is 127. The summed E-state index contributed by atoms with van der Waals surface area (Å²) in [5, 5.41) is 17.9. The van der Waals surface area contributed by atoms with Gasteiger partial charge in [0.25, 0.3) is 0 Å². The maximum Gasteiger partial charge on any atom is 0.313 e. The molecule has 2 aromatic rings. The standard InChI is InChI=1S/C13H12IN3O2S/c14-9-3-1-2-4-10(9)17-12(8-5-6-8)15-16-13(17)20-7-11(18)19/h1-4,8H,5-7H2,(H,18,19). The van der Waals surface area contributed by atoms with Crippen molar-refractivity contribution in [1.29, 1.82) is 0 Å². The summed E-state index contributed by atoms with van der Waals surface area (Å²) < 4.78 is 3.11. The number of carboxylic acids is 1. The van der Waals surface area contributed by atoms with E-state index in [0.717, 1.165) is 27.9 Å². The van der Waals surface area contributed by atoms with Crippen molar-refractivity contribution in [3.8, 4) is 5.69 Å². The normalized spacial score (nSPS) is 14.4. The molecule has 0 spiro atoms. The summed E-state index contributed by atoms with van der Waals surface area (Å²) in [7, 11) is 0. The van der Waals surface area contributed by atoms with Crippen LogP contribution in [0.15, 0.2) is 29.4 Å². The minimum absolute atomic E-state index is 0.00773. The molecule has 20 heavy (non-hydrogen) atoms. The molecule has 1 N–H and O–H groups in total. The van der Waals surface area contributed by atoms with Crippen molar-refractivity contribution in [2.45, 2.75) is 23.9 Å². The van der Waals surface area contributed by atoms with Gasteiger partial charge < -0.3 is 5.11 Å². The van der Waals surface area contributed by atoms with Crippen LogP contribution >= 0.6 is 34.4 Å². The Bertz CT molecular complexity index is 655. The molecule has 1 saturated carbocycles.